The van der Waals surface area contributed by atoms with Crippen molar-refractivity contribution in [2.75, 3.05) is 19.8 Å². The molecule has 0 unspecified atom stereocenters. The van der Waals surface area contributed by atoms with Crippen LogP contribution < -0.4 is 5.32 Å². The van der Waals surface area contributed by atoms with E-state index in [1.54, 1.807) is 0 Å². The summed E-state index contributed by atoms with van der Waals surface area (Å²) in [5, 5.41) is 11.0. The first-order chi connectivity index (χ1) is 9.68. The molecule has 0 aliphatic rings. The zero-order chi connectivity index (χ0) is 14.6. The maximum Gasteiger partial charge on any atom is 0.329 e. The van der Waals surface area contributed by atoms with E-state index >= 15 is 0 Å². The van der Waals surface area contributed by atoms with Crippen LogP contribution >= 0.6 is 0 Å². The number of rotatable bonds is 9. The summed E-state index contributed by atoms with van der Waals surface area (Å²) in [5.41, 5.74) is 1.11. The summed E-state index contributed by atoms with van der Waals surface area (Å²) in [7, 11) is 0. The molecule has 0 aliphatic heterocycles. The van der Waals surface area contributed by atoms with Crippen molar-refractivity contribution in [1.29, 1.82) is 0 Å². The molecule has 0 heterocycles. The molecule has 0 atom stereocenters. The van der Waals surface area contributed by atoms with Crippen LogP contribution in [-0.2, 0) is 14.3 Å². The standard InChI is InChI=1S/C15H19NO4/c17-14(16-10-11-20-12-15(18)19)9-5-4-8-13-6-2-1-3-7-13/h1-4,6-8H,5,9-12H2,(H,16,17)(H,18,19)/b8-4+. The van der Waals surface area contributed by atoms with Crippen molar-refractivity contribution in [1.82, 2.24) is 5.32 Å². The predicted octanol–water partition coefficient (Wildman–Crippen LogP) is 1.70. The molecule has 0 radical (unpaired) electrons. The van der Waals surface area contributed by atoms with Gasteiger partial charge in [-0.05, 0) is 12.0 Å². The van der Waals surface area contributed by atoms with Crippen LogP contribution in [0, 0.1) is 0 Å². The smallest absolute Gasteiger partial charge is 0.329 e. The minimum absolute atomic E-state index is 0.0679. The first-order valence-corrected chi connectivity index (χ1v) is 6.46. The van der Waals surface area contributed by atoms with Gasteiger partial charge in [0.05, 0.1) is 6.61 Å². The Morgan fingerprint density at radius 3 is 2.70 bits per heavy atom. The fraction of sp³-hybridized carbons (Fsp3) is 0.333. The molecular formula is C15H19NO4. The molecule has 1 aromatic carbocycles. The zero-order valence-electron chi connectivity index (χ0n) is 11.2. The number of hydrogen-bond acceptors (Lipinski definition) is 3. The number of carboxylic acid groups (broad SMARTS) is 1. The molecule has 0 aromatic heterocycles. The van der Waals surface area contributed by atoms with E-state index in [0.29, 0.717) is 19.4 Å². The molecule has 1 amide bonds. The average molecular weight is 277 g/mol. The molecular weight excluding hydrogens is 258 g/mol. The van der Waals surface area contributed by atoms with Gasteiger partial charge in [0.25, 0.3) is 0 Å². The fourth-order valence-corrected chi connectivity index (χ4v) is 1.51. The molecule has 0 saturated carbocycles. The lowest BCUT2D eigenvalue weighted by Crippen LogP contribution is -2.27. The molecule has 1 aromatic rings. The van der Waals surface area contributed by atoms with Gasteiger partial charge in [-0.25, -0.2) is 4.79 Å². The van der Waals surface area contributed by atoms with Gasteiger partial charge in [-0.2, -0.15) is 0 Å². The Balaban J connectivity index is 2.05. The van der Waals surface area contributed by atoms with E-state index < -0.39 is 5.97 Å². The van der Waals surface area contributed by atoms with Gasteiger partial charge in [-0.15, -0.1) is 0 Å². The first-order valence-electron chi connectivity index (χ1n) is 6.46. The molecule has 5 heteroatoms. The molecule has 5 nitrogen and oxygen atoms in total. The summed E-state index contributed by atoms with van der Waals surface area (Å²) >= 11 is 0. The number of benzene rings is 1. The topological polar surface area (TPSA) is 75.6 Å². The summed E-state index contributed by atoms with van der Waals surface area (Å²) in [4.78, 5) is 21.6. The van der Waals surface area contributed by atoms with Gasteiger partial charge in [0.1, 0.15) is 6.61 Å². The van der Waals surface area contributed by atoms with Crippen molar-refractivity contribution < 1.29 is 19.4 Å². The van der Waals surface area contributed by atoms with Crippen molar-refractivity contribution in [3.05, 3.63) is 42.0 Å². The Labute approximate surface area is 118 Å². The third kappa shape index (κ3) is 8.05. The molecule has 0 spiro atoms. The fourth-order valence-electron chi connectivity index (χ4n) is 1.51. The Morgan fingerprint density at radius 1 is 1.25 bits per heavy atom. The monoisotopic (exact) mass is 277 g/mol. The number of carbonyl (C=O) groups excluding carboxylic acids is 1. The van der Waals surface area contributed by atoms with Gasteiger partial charge >= 0.3 is 5.97 Å². The molecule has 1 rings (SSSR count). The van der Waals surface area contributed by atoms with E-state index in [1.807, 2.05) is 42.5 Å². The third-order valence-electron chi connectivity index (χ3n) is 2.44. The predicted molar refractivity (Wildman–Crippen MR) is 76.2 cm³/mol. The number of aliphatic carboxylic acids is 1. The Kier molecular flexibility index (Phi) is 7.76. The highest BCUT2D eigenvalue weighted by Gasteiger charge is 1.99. The SMILES string of the molecule is O=C(O)COCCNC(=O)CC/C=C/c1ccccc1. The maximum atomic E-state index is 11.4. The van der Waals surface area contributed by atoms with Crippen molar-refractivity contribution in [2.24, 2.45) is 0 Å². The Hall–Kier alpha value is -2.14. The van der Waals surface area contributed by atoms with E-state index in [0.717, 1.165) is 5.56 Å². The van der Waals surface area contributed by atoms with Gasteiger partial charge in [-0.3, -0.25) is 4.79 Å². The molecule has 0 bridgehead atoms. The average Bonchev–Trinajstić information content (AvgIpc) is 2.44. The van der Waals surface area contributed by atoms with Gasteiger partial charge in [-0.1, -0.05) is 42.5 Å². The maximum absolute atomic E-state index is 11.4. The Morgan fingerprint density at radius 2 is 2.00 bits per heavy atom. The highest BCUT2D eigenvalue weighted by Crippen LogP contribution is 2.02. The quantitative estimate of drug-likeness (QED) is 0.674. The van der Waals surface area contributed by atoms with E-state index in [4.69, 9.17) is 9.84 Å². The summed E-state index contributed by atoms with van der Waals surface area (Å²) < 4.78 is 4.80. The first kappa shape index (κ1) is 15.9. The summed E-state index contributed by atoms with van der Waals surface area (Å²) in [5.74, 6) is -1.08. The highest BCUT2D eigenvalue weighted by atomic mass is 16.5. The van der Waals surface area contributed by atoms with E-state index in [9.17, 15) is 9.59 Å². The Bertz CT molecular complexity index is 442. The minimum Gasteiger partial charge on any atom is -0.480 e. The zero-order valence-corrected chi connectivity index (χ0v) is 11.2. The summed E-state index contributed by atoms with van der Waals surface area (Å²) in [6, 6.07) is 9.87. The van der Waals surface area contributed by atoms with Crippen LogP contribution in [0.4, 0.5) is 0 Å². The molecule has 20 heavy (non-hydrogen) atoms. The highest BCUT2D eigenvalue weighted by molar-refractivity contribution is 5.76. The number of amides is 1. The summed E-state index contributed by atoms with van der Waals surface area (Å²) in [6.07, 6.45) is 5.00. The van der Waals surface area contributed by atoms with Crippen LogP contribution in [0.15, 0.2) is 36.4 Å². The molecule has 0 saturated heterocycles. The molecule has 108 valence electrons. The van der Waals surface area contributed by atoms with Gasteiger partial charge in [0, 0.05) is 13.0 Å². The van der Waals surface area contributed by atoms with E-state index in [2.05, 4.69) is 5.32 Å². The normalized spacial score (nSPS) is 10.6. The van der Waals surface area contributed by atoms with Crippen molar-refractivity contribution in [3.63, 3.8) is 0 Å². The van der Waals surface area contributed by atoms with Crippen LogP contribution in [0.3, 0.4) is 0 Å². The van der Waals surface area contributed by atoms with Crippen LogP contribution in [0.5, 0.6) is 0 Å². The van der Waals surface area contributed by atoms with E-state index in [-0.39, 0.29) is 19.1 Å². The number of hydrogen-bond donors (Lipinski definition) is 2. The second kappa shape index (κ2) is 9.75. The van der Waals surface area contributed by atoms with Gasteiger partial charge < -0.3 is 15.2 Å². The van der Waals surface area contributed by atoms with Gasteiger partial charge in [0.15, 0.2) is 0 Å². The van der Waals surface area contributed by atoms with Crippen molar-refractivity contribution in [2.45, 2.75) is 12.8 Å². The summed E-state index contributed by atoms with van der Waals surface area (Å²) in [6.45, 7) is 0.197. The van der Waals surface area contributed by atoms with E-state index in [1.165, 1.54) is 0 Å². The molecule has 0 fully saturated rings. The number of nitrogens with one attached hydrogen (secondary N) is 1. The van der Waals surface area contributed by atoms with Crippen LogP contribution in [-0.4, -0.2) is 36.7 Å². The number of carboxylic acids is 1. The lowest BCUT2D eigenvalue weighted by Gasteiger charge is -2.04. The number of carbonyl (C=O) groups is 2. The third-order valence-corrected chi connectivity index (χ3v) is 2.44. The number of allylic oxidation sites excluding steroid dienone is 1. The van der Waals surface area contributed by atoms with Crippen LogP contribution in [0.1, 0.15) is 18.4 Å². The second-order valence-electron chi connectivity index (χ2n) is 4.15. The second-order valence-corrected chi connectivity index (χ2v) is 4.15. The van der Waals surface area contributed by atoms with Crippen molar-refractivity contribution >= 4 is 18.0 Å². The minimum atomic E-state index is -1.01. The lowest BCUT2D eigenvalue weighted by molar-refractivity contribution is -0.142. The van der Waals surface area contributed by atoms with Crippen LogP contribution in [0.25, 0.3) is 6.08 Å². The molecule has 2 N–H and O–H groups in total. The van der Waals surface area contributed by atoms with Gasteiger partial charge in [0.2, 0.25) is 5.91 Å². The molecule has 0 aliphatic carbocycles. The van der Waals surface area contributed by atoms with Crippen LogP contribution in [0.2, 0.25) is 0 Å². The lowest BCUT2D eigenvalue weighted by atomic mass is 10.2. The van der Waals surface area contributed by atoms with Crippen molar-refractivity contribution in [3.8, 4) is 0 Å². The number of ether oxygens (including phenoxy) is 1. The largest absolute Gasteiger partial charge is 0.480 e.